The summed E-state index contributed by atoms with van der Waals surface area (Å²) in [6, 6.07) is 1.83. The second-order valence-electron chi connectivity index (χ2n) is 2.70. The number of hydrogen-bond acceptors (Lipinski definition) is 3. The number of nitrogens with one attached hydrogen (secondary N) is 1. The minimum Gasteiger partial charge on any atom is -0.466 e. The summed E-state index contributed by atoms with van der Waals surface area (Å²) >= 11 is 0. The molecule has 76 valence electrons. The van der Waals surface area contributed by atoms with Gasteiger partial charge in [0.2, 0.25) is 5.88 Å². The molecule has 0 saturated heterocycles. The van der Waals surface area contributed by atoms with Gasteiger partial charge in [-0.05, 0) is 18.6 Å². The molecule has 1 aromatic heterocycles. The smallest absolute Gasteiger partial charge is 0.262 e. The van der Waals surface area contributed by atoms with Gasteiger partial charge >= 0.3 is 0 Å². The van der Waals surface area contributed by atoms with Crippen molar-refractivity contribution in [2.75, 3.05) is 11.9 Å². The molecular formula is C10H14N2O2. The van der Waals surface area contributed by atoms with Crippen LogP contribution in [0.5, 0.6) is 5.88 Å². The van der Waals surface area contributed by atoms with Crippen molar-refractivity contribution >= 4 is 11.6 Å². The van der Waals surface area contributed by atoms with Gasteiger partial charge in [0.15, 0.2) is 6.61 Å². The molecule has 1 amide bonds. The molecule has 0 bridgehead atoms. The van der Waals surface area contributed by atoms with Crippen LogP contribution in [0.15, 0.2) is 12.3 Å². The number of carbonyl (C=O) groups excluding carboxylic acids is 1. The van der Waals surface area contributed by atoms with Crippen LogP contribution in [0, 0.1) is 6.92 Å². The Bertz CT molecular complexity index is 337. The lowest BCUT2D eigenvalue weighted by atomic mass is 10.3. The van der Waals surface area contributed by atoms with Crippen molar-refractivity contribution in [2.45, 2.75) is 20.8 Å². The molecule has 0 spiro atoms. The number of rotatable bonds is 0. The van der Waals surface area contributed by atoms with Crippen molar-refractivity contribution in [1.82, 2.24) is 4.98 Å². The monoisotopic (exact) mass is 194 g/mol. The standard InChI is InChI=1S/C8H8N2O2.C2H6/c1-5-2-6-8(9-3-5)12-4-7(11)10-6;1-2/h2-3H,4H2,1H3,(H,10,11);1-2H3. The Hall–Kier alpha value is -1.58. The molecule has 0 fully saturated rings. The molecule has 4 heteroatoms. The molecule has 14 heavy (non-hydrogen) atoms. The summed E-state index contributed by atoms with van der Waals surface area (Å²) in [6.45, 7) is 5.97. The van der Waals surface area contributed by atoms with Gasteiger partial charge in [-0.2, -0.15) is 0 Å². The minimum atomic E-state index is -0.130. The fourth-order valence-corrected chi connectivity index (χ4v) is 1.08. The summed E-state index contributed by atoms with van der Waals surface area (Å²) in [5, 5.41) is 2.67. The topological polar surface area (TPSA) is 51.2 Å². The van der Waals surface area contributed by atoms with Gasteiger partial charge in [0.05, 0.1) is 0 Å². The zero-order valence-electron chi connectivity index (χ0n) is 8.63. The summed E-state index contributed by atoms with van der Waals surface area (Å²) < 4.78 is 5.07. The highest BCUT2D eigenvalue weighted by Crippen LogP contribution is 2.24. The Kier molecular flexibility index (Phi) is 3.45. The predicted octanol–water partition coefficient (Wildman–Crippen LogP) is 1.75. The largest absolute Gasteiger partial charge is 0.466 e. The van der Waals surface area contributed by atoms with Crippen molar-refractivity contribution < 1.29 is 9.53 Å². The molecule has 1 aliphatic rings. The molecule has 0 saturated carbocycles. The fourth-order valence-electron chi connectivity index (χ4n) is 1.08. The second kappa shape index (κ2) is 4.60. The zero-order chi connectivity index (χ0) is 10.6. The van der Waals surface area contributed by atoms with E-state index < -0.39 is 0 Å². The quantitative estimate of drug-likeness (QED) is 0.684. The first kappa shape index (κ1) is 10.5. The Morgan fingerprint density at radius 1 is 1.50 bits per heavy atom. The second-order valence-corrected chi connectivity index (χ2v) is 2.70. The number of aromatic nitrogens is 1. The minimum absolute atomic E-state index is 0.0586. The molecule has 2 heterocycles. The molecule has 2 rings (SSSR count). The van der Waals surface area contributed by atoms with Crippen molar-refractivity contribution in [3.8, 4) is 5.88 Å². The van der Waals surface area contributed by atoms with Crippen LogP contribution in [0.3, 0.4) is 0 Å². The molecule has 1 N–H and O–H groups in total. The maximum atomic E-state index is 10.9. The summed E-state index contributed by atoms with van der Waals surface area (Å²) in [6.07, 6.45) is 1.70. The first-order valence-electron chi connectivity index (χ1n) is 4.65. The van der Waals surface area contributed by atoms with Gasteiger partial charge in [-0.3, -0.25) is 4.79 Å². The van der Waals surface area contributed by atoms with E-state index >= 15 is 0 Å². The predicted molar refractivity (Wildman–Crippen MR) is 54.4 cm³/mol. The average molecular weight is 194 g/mol. The summed E-state index contributed by atoms with van der Waals surface area (Å²) in [5.74, 6) is 0.370. The van der Waals surface area contributed by atoms with Gasteiger partial charge in [-0.25, -0.2) is 4.98 Å². The maximum absolute atomic E-state index is 10.9. The van der Waals surface area contributed by atoms with Crippen molar-refractivity contribution in [3.63, 3.8) is 0 Å². The number of fused-ring (bicyclic) bond motifs is 1. The van der Waals surface area contributed by atoms with Gasteiger partial charge in [0.25, 0.3) is 5.91 Å². The van der Waals surface area contributed by atoms with E-state index in [9.17, 15) is 4.79 Å². The van der Waals surface area contributed by atoms with Crippen LogP contribution >= 0.6 is 0 Å². The molecule has 0 radical (unpaired) electrons. The number of ether oxygens (including phenoxy) is 1. The van der Waals surface area contributed by atoms with E-state index in [0.29, 0.717) is 11.6 Å². The lowest BCUT2D eigenvalue weighted by molar-refractivity contribution is -0.118. The first-order valence-corrected chi connectivity index (χ1v) is 4.65. The molecule has 1 aliphatic heterocycles. The van der Waals surface area contributed by atoms with Crippen LogP contribution in [0.4, 0.5) is 5.69 Å². The van der Waals surface area contributed by atoms with Crippen LogP contribution in [0.2, 0.25) is 0 Å². The van der Waals surface area contributed by atoms with E-state index in [1.54, 1.807) is 6.20 Å². The lowest BCUT2D eigenvalue weighted by Crippen LogP contribution is -2.25. The Labute approximate surface area is 83.3 Å². The maximum Gasteiger partial charge on any atom is 0.262 e. The van der Waals surface area contributed by atoms with Crippen LogP contribution < -0.4 is 10.1 Å². The highest BCUT2D eigenvalue weighted by molar-refractivity contribution is 5.94. The highest BCUT2D eigenvalue weighted by atomic mass is 16.5. The normalized spacial score (nSPS) is 12.9. The third kappa shape index (κ3) is 2.22. The van der Waals surface area contributed by atoms with Crippen molar-refractivity contribution in [3.05, 3.63) is 17.8 Å². The number of anilines is 1. The van der Waals surface area contributed by atoms with Crippen LogP contribution in [-0.2, 0) is 4.79 Å². The van der Waals surface area contributed by atoms with Crippen LogP contribution in [0.1, 0.15) is 19.4 Å². The first-order chi connectivity index (χ1) is 6.75. The number of amides is 1. The molecule has 0 aliphatic carbocycles. The van der Waals surface area contributed by atoms with Crippen LogP contribution in [-0.4, -0.2) is 17.5 Å². The molecular weight excluding hydrogens is 180 g/mol. The van der Waals surface area contributed by atoms with E-state index in [1.165, 1.54) is 0 Å². The molecule has 0 unspecified atom stereocenters. The van der Waals surface area contributed by atoms with Gasteiger partial charge in [-0.1, -0.05) is 13.8 Å². The zero-order valence-corrected chi connectivity index (χ0v) is 8.63. The summed E-state index contributed by atoms with van der Waals surface area (Å²) in [7, 11) is 0. The highest BCUT2D eigenvalue weighted by Gasteiger charge is 2.16. The summed E-state index contributed by atoms with van der Waals surface area (Å²) in [4.78, 5) is 14.9. The van der Waals surface area contributed by atoms with Gasteiger partial charge in [0, 0.05) is 6.20 Å². The van der Waals surface area contributed by atoms with E-state index in [4.69, 9.17) is 4.74 Å². The van der Waals surface area contributed by atoms with Gasteiger partial charge in [0.1, 0.15) is 5.69 Å². The SMILES string of the molecule is CC.Cc1cnc2c(c1)NC(=O)CO2. The van der Waals surface area contributed by atoms with Crippen molar-refractivity contribution in [2.24, 2.45) is 0 Å². The molecule has 1 aromatic rings. The Balaban J connectivity index is 0.000000461. The third-order valence-corrected chi connectivity index (χ3v) is 1.60. The summed E-state index contributed by atoms with van der Waals surface area (Å²) in [5.41, 5.74) is 1.66. The number of pyridine rings is 1. The molecule has 0 aromatic carbocycles. The molecule has 4 nitrogen and oxygen atoms in total. The fraction of sp³-hybridized carbons (Fsp3) is 0.400. The number of aryl methyl sites for hydroxylation is 1. The number of nitrogens with zero attached hydrogens (tertiary/aromatic N) is 1. The lowest BCUT2D eigenvalue weighted by Gasteiger charge is -2.16. The van der Waals surface area contributed by atoms with Crippen molar-refractivity contribution in [1.29, 1.82) is 0 Å². The average Bonchev–Trinajstić information content (AvgIpc) is 2.20. The Morgan fingerprint density at radius 3 is 2.93 bits per heavy atom. The van der Waals surface area contributed by atoms with E-state index in [2.05, 4.69) is 10.3 Å². The molecule has 0 atom stereocenters. The van der Waals surface area contributed by atoms with Crippen LogP contribution in [0.25, 0.3) is 0 Å². The Morgan fingerprint density at radius 2 is 2.21 bits per heavy atom. The van der Waals surface area contributed by atoms with E-state index in [-0.39, 0.29) is 12.5 Å². The van der Waals surface area contributed by atoms with E-state index in [0.717, 1.165) is 5.56 Å². The third-order valence-electron chi connectivity index (χ3n) is 1.60. The van der Waals surface area contributed by atoms with Gasteiger partial charge in [-0.15, -0.1) is 0 Å². The van der Waals surface area contributed by atoms with Gasteiger partial charge < -0.3 is 10.1 Å². The van der Waals surface area contributed by atoms with E-state index in [1.807, 2.05) is 26.8 Å². The number of hydrogen-bond donors (Lipinski definition) is 1. The number of carbonyl (C=O) groups is 1.